The molecular formula is C30H30N4. The van der Waals surface area contributed by atoms with Gasteiger partial charge in [-0.3, -0.25) is 0 Å². The van der Waals surface area contributed by atoms with Crippen LogP contribution in [0.25, 0.3) is 45.3 Å². The summed E-state index contributed by atoms with van der Waals surface area (Å²) in [6, 6.07) is 17.2. The van der Waals surface area contributed by atoms with Gasteiger partial charge in [0.1, 0.15) is 11.6 Å². The first kappa shape index (κ1) is 21.9. The van der Waals surface area contributed by atoms with E-state index in [9.17, 15) is 0 Å². The Morgan fingerprint density at radius 2 is 0.912 bits per heavy atom. The third-order valence-corrected chi connectivity index (χ3v) is 6.44. The first-order valence-corrected chi connectivity index (χ1v) is 11.7. The topological polar surface area (TPSA) is 57.4 Å². The summed E-state index contributed by atoms with van der Waals surface area (Å²) < 4.78 is 0. The highest BCUT2D eigenvalue weighted by Crippen LogP contribution is 2.32. The van der Waals surface area contributed by atoms with E-state index in [0.29, 0.717) is 0 Å². The molecule has 0 fully saturated rings. The molecule has 5 rings (SSSR count). The predicted octanol–water partition coefficient (Wildman–Crippen LogP) is 7.65. The molecular weight excluding hydrogens is 416 g/mol. The summed E-state index contributed by atoms with van der Waals surface area (Å²) in [5.41, 5.74) is 13.8. The van der Waals surface area contributed by atoms with Gasteiger partial charge in [-0.05, 0) is 69.9 Å². The molecule has 0 saturated carbocycles. The Morgan fingerprint density at radius 3 is 1.29 bits per heavy atom. The molecule has 4 nitrogen and oxygen atoms in total. The number of imidazole rings is 2. The van der Waals surface area contributed by atoms with Crippen molar-refractivity contribution >= 4 is 0 Å². The van der Waals surface area contributed by atoms with E-state index in [1.807, 2.05) is 12.4 Å². The summed E-state index contributed by atoms with van der Waals surface area (Å²) in [5.74, 6) is 1.81. The molecule has 0 bridgehead atoms. The average molecular weight is 447 g/mol. The van der Waals surface area contributed by atoms with E-state index in [2.05, 4.69) is 100 Å². The Morgan fingerprint density at radius 1 is 0.529 bits per heavy atom. The Balaban J connectivity index is 1.49. The first-order chi connectivity index (χ1) is 16.3. The number of aryl methyl sites for hydroxylation is 6. The maximum Gasteiger partial charge on any atom is 0.138 e. The van der Waals surface area contributed by atoms with Gasteiger partial charge in [0.05, 0.1) is 11.4 Å². The molecule has 0 radical (unpaired) electrons. The van der Waals surface area contributed by atoms with Crippen LogP contribution in [-0.2, 0) is 0 Å². The van der Waals surface area contributed by atoms with Gasteiger partial charge in [-0.1, -0.05) is 53.6 Å². The second kappa shape index (κ2) is 8.45. The third-order valence-electron chi connectivity index (χ3n) is 6.44. The Kier molecular flexibility index (Phi) is 5.45. The maximum absolute atomic E-state index is 4.94. The zero-order valence-electron chi connectivity index (χ0n) is 20.7. The number of benzene rings is 3. The smallest absolute Gasteiger partial charge is 0.138 e. The zero-order chi connectivity index (χ0) is 24.0. The van der Waals surface area contributed by atoms with E-state index >= 15 is 0 Å². The summed E-state index contributed by atoms with van der Waals surface area (Å²) in [6.45, 7) is 12.8. The summed E-state index contributed by atoms with van der Waals surface area (Å²) in [7, 11) is 0. The van der Waals surface area contributed by atoms with E-state index in [-0.39, 0.29) is 0 Å². The van der Waals surface area contributed by atoms with Crippen LogP contribution in [0.15, 0.2) is 60.9 Å². The van der Waals surface area contributed by atoms with Crippen LogP contribution < -0.4 is 0 Å². The van der Waals surface area contributed by atoms with Gasteiger partial charge >= 0.3 is 0 Å². The molecule has 34 heavy (non-hydrogen) atoms. The quantitative estimate of drug-likeness (QED) is 0.298. The van der Waals surface area contributed by atoms with Gasteiger partial charge in [-0.2, -0.15) is 0 Å². The molecule has 0 aliphatic carbocycles. The number of hydrogen-bond donors (Lipinski definition) is 2. The molecule has 0 aliphatic heterocycles. The van der Waals surface area contributed by atoms with Gasteiger partial charge in [0.25, 0.3) is 0 Å². The van der Waals surface area contributed by atoms with E-state index in [1.54, 1.807) is 0 Å². The number of H-pyrrole nitrogens is 2. The fourth-order valence-electron chi connectivity index (χ4n) is 5.14. The van der Waals surface area contributed by atoms with Crippen molar-refractivity contribution in [3.8, 4) is 45.3 Å². The van der Waals surface area contributed by atoms with Crippen LogP contribution in [0.2, 0.25) is 0 Å². The van der Waals surface area contributed by atoms with Gasteiger partial charge in [0.2, 0.25) is 0 Å². The second-order valence-electron chi connectivity index (χ2n) is 9.40. The monoisotopic (exact) mass is 446 g/mol. The zero-order valence-corrected chi connectivity index (χ0v) is 20.7. The molecule has 0 aliphatic rings. The number of aromatic amines is 2. The molecule has 2 N–H and O–H groups in total. The summed E-state index contributed by atoms with van der Waals surface area (Å²) in [5, 5.41) is 0. The number of rotatable bonds is 4. The Hall–Kier alpha value is -3.92. The molecule has 3 aromatic carbocycles. The SMILES string of the molecule is Cc1cc(C)c(-c2nc(-c3cccc(-c4c[nH]c(-c5c(C)cc(C)cc5C)n4)c3)c[nH]2)c(C)c1. The standard InChI is InChI=1S/C30H30N4/c1-17-10-19(3)27(20(4)11-17)29-31-15-25(33-29)23-8-7-9-24(14-23)26-16-32-30(34-26)28-21(5)12-18(2)13-22(28)6/h7-16H,1-6H3,(H,31,33)(H,32,34). The van der Waals surface area contributed by atoms with Crippen LogP contribution in [-0.4, -0.2) is 19.9 Å². The van der Waals surface area contributed by atoms with Crippen molar-refractivity contribution in [3.05, 3.63) is 94.3 Å². The predicted molar refractivity (Wildman–Crippen MR) is 141 cm³/mol. The lowest BCUT2D eigenvalue weighted by Crippen LogP contribution is -1.92. The second-order valence-corrected chi connectivity index (χ2v) is 9.40. The molecule has 2 aromatic heterocycles. The third kappa shape index (κ3) is 3.96. The van der Waals surface area contributed by atoms with Crippen molar-refractivity contribution < 1.29 is 0 Å². The first-order valence-electron chi connectivity index (χ1n) is 11.7. The van der Waals surface area contributed by atoms with Crippen molar-refractivity contribution in [2.24, 2.45) is 0 Å². The minimum absolute atomic E-state index is 0.905. The van der Waals surface area contributed by atoms with Gasteiger partial charge < -0.3 is 9.97 Å². The number of nitrogens with zero attached hydrogens (tertiary/aromatic N) is 2. The summed E-state index contributed by atoms with van der Waals surface area (Å²) in [6.07, 6.45) is 3.98. The highest BCUT2D eigenvalue weighted by atomic mass is 14.9. The van der Waals surface area contributed by atoms with Crippen LogP contribution in [0.4, 0.5) is 0 Å². The lowest BCUT2D eigenvalue weighted by molar-refractivity contribution is 1.24. The number of aromatic nitrogens is 4. The molecule has 0 spiro atoms. The van der Waals surface area contributed by atoms with Crippen LogP contribution in [0.1, 0.15) is 33.4 Å². The fraction of sp³-hybridized carbons (Fsp3) is 0.200. The van der Waals surface area contributed by atoms with Gasteiger partial charge in [-0.15, -0.1) is 0 Å². The minimum atomic E-state index is 0.905. The highest BCUT2D eigenvalue weighted by Gasteiger charge is 2.14. The molecule has 4 heteroatoms. The van der Waals surface area contributed by atoms with Crippen molar-refractivity contribution in [2.45, 2.75) is 41.5 Å². The lowest BCUT2D eigenvalue weighted by atomic mass is 9.99. The lowest BCUT2D eigenvalue weighted by Gasteiger charge is -2.08. The molecule has 0 unspecified atom stereocenters. The molecule has 0 atom stereocenters. The molecule has 2 heterocycles. The molecule has 0 amide bonds. The van der Waals surface area contributed by atoms with Crippen molar-refractivity contribution in [1.82, 2.24) is 19.9 Å². The number of hydrogen-bond acceptors (Lipinski definition) is 2. The van der Waals surface area contributed by atoms with Crippen molar-refractivity contribution in [1.29, 1.82) is 0 Å². The van der Waals surface area contributed by atoms with E-state index < -0.39 is 0 Å². The normalized spacial score (nSPS) is 11.2. The van der Waals surface area contributed by atoms with Crippen molar-refractivity contribution in [3.63, 3.8) is 0 Å². The maximum atomic E-state index is 4.94. The Bertz CT molecular complexity index is 1360. The van der Waals surface area contributed by atoms with Gasteiger partial charge in [0, 0.05) is 34.6 Å². The minimum Gasteiger partial charge on any atom is -0.344 e. The van der Waals surface area contributed by atoms with Gasteiger partial charge in [0.15, 0.2) is 0 Å². The van der Waals surface area contributed by atoms with Crippen LogP contribution in [0, 0.1) is 41.5 Å². The highest BCUT2D eigenvalue weighted by molar-refractivity contribution is 5.74. The largest absolute Gasteiger partial charge is 0.344 e. The fourth-order valence-corrected chi connectivity index (χ4v) is 5.14. The molecule has 0 saturated heterocycles. The molecule has 170 valence electrons. The van der Waals surface area contributed by atoms with E-state index in [0.717, 1.165) is 34.2 Å². The summed E-state index contributed by atoms with van der Waals surface area (Å²) >= 11 is 0. The van der Waals surface area contributed by atoms with Crippen LogP contribution >= 0.6 is 0 Å². The van der Waals surface area contributed by atoms with Gasteiger partial charge in [-0.25, -0.2) is 9.97 Å². The van der Waals surface area contributed by atoms with Crippen LogP contribution in [0.3, 0.4) is 0 Å². The molecule has 5 aromatic rings. The number of nitrogens with one attached hydrogen (secondary N) is 2. The van der Waals surface area contributed by atoms with E-state index in [4.69, 9.17) is 9.97 Å². The summed E-state index contributed by atoms with van der Waals surface area (Å²) in [4.78, 5) is 16.7. The average Bonchev–Trinajstić information content (AvgIpc) is 3.43. The van der Waals surface area contributed by atoms with E-state index in [1.165, 1.54) is 44.5 Å². The van der Waals surface area contributed by atoms with Crippen molar-refractivity contribution in [2.75, 3.05) is 0 Å². The Labute approximate surface area is 201 Å². The van der Waals surface area contributed by atoms with Crippen LogP contribution in [0.5, 0.6) is 0 Å².